The first-order valence-electron chi connectivity index (χ1n) is 10.7. The van der Waals surface area contributed by atoms with Crippen LogP contribution in [0, 0.1) is 25.6 Å². The molecule has 0 N–H and O–H groups in total. The van der Waals surface area contributed by atoms with Crippen LogP contribution >= 0.6 is 0 Å². The number of sulfonamides is 1. The summed E-state index contributed by atoms with van der Waals surface area (Å²) in [6, 6.07) is 11.1. The minimum absolute atomic E-state index is 0.0468. The Balaban J connectivity index is 1.61. The molecule has 1 unspecified atom stereocenters. The van der Waals surface area contributed by atoms with Crippen molar-refractivity contribution in [3.8, 4) is 0 Å². The van der Waals surface area contributed by atoms with Crippen molar-refractivity contribution in [2.75, 3.05) is 18.0 Å². The standard InChI is InChI=1S/C23H25FN4O4S/c1-16-22(17(2)32-26-16)33(30,31)27-13-5-6-18(14-27)23(29)28(15-20-7-3-4-12-25-20)21-10-8-19(24)9-11-21/h3-4,7-12,18H,5-6,13-15H2,1-2H3. The van der Waals surface area contributed by atoms with E-state index < -0.39 is 21.8 Å². The molecule has 1 amide bonds. The Kier molecular flexibility index (Phi) is 6.57. The number of pyridine rings is 1. The third kappa shape index (κ3) is 4.81. The van der Waals surface area contributed by atoms with Crippen molar-refractivity contribution < 1.29 is 22.1 Å². The molecule has 2 aromatic heterocycles. The molecule has 1 atom stereocenters. The van der Waals surface area contributed by atoms with Crippen LogP contribution in [0.5, 0.6) is 0 Å². The third-order valence-electron chi connectivity index (χ3n) is 5.75. The molecule has 1 aliphatic rings. The summed E-state index contributed by atoms with van der Waals surface area (Å²) in [5.41, 5.74) is 1.49. The van der Waals surface area contributed by atoms with Crippen LogP contribution in [0.25, 0.3) is 0 Å². The van der Waals surface area contributed by atoms with Gasteiger partial charge in [0.05, 0.1) is 18.2 Å². The minimum atomic E-state index is -3.86. The van der Waals surface area contributed by atoms with E-state index in [-0.39, 0.29) is 29.7 Å². The molecule has 1 fully saturated rings. The Morgan fingerprint density at radius 3 is 2.61 bits per heavy atom. The molecule has 1 aromatic carbocycles. The quantitative estimate of drug-likeness (QED) is 0.545. The highest BCUT2D eigenvalue weighted by atomic mass is 32.2. The summed E-state index contributed by atoms with van der Waals surface area (Å²) < 4.78 is 46.4. The van der Waals surface area contributed by atoms with E-state index in [0.29, 0.717) is 36.5 Å². The molecular formula is C23H25FN4O4S. The number of aromatic nitrogens is 2. The summed E-state index contributed by atoms with van der Waals surface area (Å²) in [7, 11) is -3.86. The van der Waals surface area contributed by atoms with Gasteiger partial charge >= 0.3 is 0 Å². The van der Waals surface area contributed by atoms with Gasteiger partial charge in [0.15, 0.2) is 5.76 Å². The fourth-order valence-electron chi connectivity index (χ4n) is 4.13. The molecule has 1 saturated heterocycles. The zero-order valence-electron chi connectivity index (χ0n) is 18.4. The monoisotopic (exact) mass is 472 g/mol. The van der Waals surface area contributed by atoms with Crippen molar-refractivity contribution in [3.63, 3.8) is 0 Å². The summed E-state index contributed by atoms with van der Waals surface area (Å²) in [4.78, 5) is 19.5. The van der Waals surface area contributed by atoms with Crippen LogP contribution in [0.2, 0.25) is 0 Å². The molecule has 3 aromatic rings. The first kappa shape index (κ1) is 23.1. The summed E-state index contributed by atoms with van der Waals surface area (Å²) in [6.45, 7) is 3.69. The molecular weight excluding hydrogens is 447 g/mol. The second-order valence-corrected chi connectivity index (χ2v) is 9.95. The molecule has 4 rings (SSSR count). The highest BCUT2D eigenvalue weighted by molar-refractivity contribution is 7.89. The summed E-state index contributed by atoms with van der Waals surface area (Å²) in [5.74, 6) is -0.962. The van der Waals surface area contributed by atoms with Gasteiger partial charge in [0.1, 0.15) is 16.4 Å². The van der Waals surface area contributed by atoms with E-state index in [2.05, 4.69) is 10.1 Å². The Hall–Kier alpha value is -3.11. The number of hydrogen-bond donors (Lipinski definition) is 0. The van der Waals surface area contributed by atoms with Crippen LogP contribution in [0.1, 0.15) is 30.0 Å². The zero-order valence-corrected chi connectivity index (χ0v) is 19.3. The van der Waals surface area contributed by atoms with Gasteiger partial charge in [-0.05, 0) is 63.1 Å². The predicted octanol–water partition coefficient (Wildman–Crippen LogP) is 3.46. The number of anilines is 1. The molecule has 0 radical (unpaired) electrons. The van der Waals surface area contributed by atoms with Crippen molar-refractivity contribution in [3.05, 3.63) is 71.6 Å². The van der Waals surface area contributed by atoms with Crippen LogP contribution in [0.3, 0.4) is 0 Å². The number of halogens is 1. The number of aryl methyl sites for hydroxylation is 2. The lowest BCUT2D eigenvalue weighted by Gasteiger charge is -2.34. The zero-order chi connectivity index (χ0) is 23.6. The highest BCUT2D eigenvalue weighted by Crippen LogP contribution is 2.30. The maximum Gasteiger partial charge on any atom is 0.248 e. The van der Waals surface area contributed by atoms with Crippen LogP contribution in [0.15, 0.2) is 58.1 Å². The SMILES string of the molecule is Cc1noc(C)c1S(=O)(=O)N1CCCC(C(=O)N(Cc2ccccn2)c2ccc(F)cc2)C1. The molecule has 0 spiro atoms. The summed E-state index contributed by atoms with van der Waals surface area (Å²) >= 11 is 0. The maximum atomic E-state index is 13.6. The molecule has 0 bridgehead atoms. The number of carbonyl (C=O) groups is 1. The van der Waals surface area contributed by atoms with E-state index in [4.69, 9.17) is 4.52 Å². The van der Waals surface area contributed by atoms with Gasteiger partial charge in [-0.2, -0.15) is 4.31 Å². The minimum Gasteiger partial charge on any atom is -0.360 e. The number of amides is 1. The summed E-state index contributed by atoms with van der Waals surface area (Å²) in [5, 5.41) is 3.76. The normalized spacial score (nSPS) is 17.1. The predicted molar refractivity (Wildman–Crippen MR) is 119 cm³/mol. The molecule has 33 heavy (non-hydrogen) atoms. The molecule has 1 aliphatic heterocycles. The van der Waals surface area contributed by atoms with Gasteiger partial charge in [0, 0.05) is 25.0 Å². The van der Waals surface area contributed by atoms with Gasteiger partial charge < -0.3 is 9.42 Å². The van der Waals surface area contributed by atoms with E-state index in [1.54, 1.807) is 37.1 Å². The van der Waals surface area contributed by atoms with Gasteiger partial charge in [-0.15, -0.1) is 0 Å². The van der Waals surface area contributed by atoms with Gasteiger partial charge in [0.2, 0.25) is 15.9 Å². The first-order chi connectivity index (χ1) is 15.8. The number of hydrogen-bond acceptors (Lipinski definition) is 6. The molecule has 0 aliphatic carbocycles. The molecule has 174 valence electrons. The lowest BCUT2D eigenvalue weighted by molar-refractivity contribution is -0.123. The van der Waals surface area contributed by atoms with Crippen molar-refractivity contribution in [1.29, 1.82) is 0 Å². The fourth-order valence-corrected chi connectivity index (χ4v) is 5.94. The Labute approximate surface area is 192 Å². The van der Waals surface area contributed by atoms with Crippen LogP contribution in [-0.2, 0) is 21.4 Å². The Bertz CT molecular complexity index is 1210. The van der Waals surface area contributed by atoms with Crippen molar-refractivity contribution in [2.45, 2.75) is 38.1 Å². The van der Waals surface area contributed by atoms with Gasteiger partial charge in [0.25, 0.3) is 0 Å². The van der Waals surface area contributed by atoms with E-state index in [1.165, 1.54) is 28.6 Å². The number of carbonyl (C=O) groups excluding carboxylic acids is 1. The van der Waals surface area contributed by atoms with Crippen LogP contribution in [0.4, 0.5) is 10.1 Å². The highest BCUT2D eigenvalue weighted by Gasteiger charge is 2.38. The average molecular weight is 473 g/mol. The Morgan fingerprint density at radius 2 is 1.97 bits per heavy atom. The van der Waals surface area contributed by atoms with E-state index >= 15 is 0 Å². The topological polar surface area (TPSA) is 96.6 Å². The molecule has 0 saturated carbocycles. The van der Waals surface area contributed by atoms with Crippen LogP contribution < -0.4 is 4.90 Å². The van der Waals surface area contributed by atoms with Crippen molar-refractivity contribution >= 4 is 21.6 Å². The molecule has 8 nitrogen and oxygen atoms in total. The van der Waals surface area contributed by atoms with Crippen LogP contribution in [-0.4, -0.2) is 41.9 Å². The lowest BCUT2D eigenvalue weighted by Crippen LogP contribution is -2.47. The second kappa shape index (κ2) is 9.40. The number of rotatable bonds is 6. The number of nitrogens with zero attached hydrogens (tertiary/aromatic N) is 4. The second-order valence-electron chi connectivity index (χ2n) is 8.08. The van der Waals surface area contributed by atoms with Gasteiger partial charge in [-0.1, -0.05) is 11.2 Å². The van der Waals surface area contributed by atoms with Gasteiger partial charge in [-0.3, -0.25) is 9.78 Å². The lowest BCUT2D eigenvalue weighted by atomic mass is 9.97. The average Bonchev–Trinajstić information content (AvgIpc) is 3.17. The van der Waals surface area contributed by atoms with Crippen molar-refractivity contribution in [2.24, 2.45) is 5.92 Å². The van der Waals surface area contributed by atoms with Gasteiger partial charge in [-0.25, -0.2) is 12.8 Å². The largest absolute Gasteiger partial charge is 0.360 e. The first-order valence-corrected chi connectivity index (χ1v) is 12.1. The maximum absolute atomic E-state index is 13.6. The fraction of sp³-hybridized carbons (Fsp3) is 0.348. The molecule has 10 heteroatoms. The van der Waals surface area contributed by atoms with Crippen molar-refractivity contribution in [1.82, 2.24) is 14.4 Å². The van der Waals surface area contributed by atoms with E-state index in [1.807, 2.05) is 6.07 Å². The van der Waals surface area contributed by atoms with E-state index in [9.17, 15) is 17.6 Å². The number of benzene rings is 1. The Morgan fingerprint density at radius 1 is 1.21 bits per heavy atom. The number of piperidine rings is 1. The summed E-state index contributed by atoms with van der Waals surface area (Å²) in [6.07, 6.45) is 2.73. The molecule has 3 heterocycles. The smallest absolute Gasteiger partial charge is 0.248 e. The third-order valence-corrected chi connectivity index (χ3v) is 7.86. The van der Waals surface area contributed by atoms with E-state index in [0.717, 1.165) is 0 Å².